The molecule has 0 aromatic carbocycles. The van der Waals surface area contributed by atoms with E-state index >= 15 is 0 Å². The number of ether oxygens (including phenoxy) is 1. The van der Waals surface area contributed by atoms with Gasteiger partial charge in [0.2, 0.25) is 5.82 Å². The van der Waals surface area contributed by atoms with Gasteiger partial charge in [-0.3, -0.25) is 10.1 Å². The van der Waals surface area contributed by atoms with Gasteiger partial charge >= 0.3 is 5.95 Å². The normalized spacial score (nSPS) is 31.1. The monoisotopic (exact) mass is 259 g/mol. The van der Waals surface area contributed by atoms with Crippen molar-refractivity contribution in [1.82, 2.24) is 10.2 Å². The molecule has 0 radical (unpaired) electrons. The van der Waals surface area contributed by atoms with Crippen molar-refractivity contribution in [3.8, 4) is 0 Å². The zero-order chi connectivity index (χ0) is 13.1. The molecule has 18 heavy (non-hydrogen) atoms. The van der Waals surface area contributed by atoms with Gasteiger partial charge in [-0.25, -0.2) is 0 Å². The molecule has 2 unspecified atom stereocenters. The SMILES string of the molecule is CC1CCNC(=C(F)[N+](=O)[O-])N1CC1CCOC1. The molecule has 2 atom stereocenters. The second-order valence-electron chi connectivity index (χ2n) is 4.84. The predicted molar refractivity (Wildman–Crippen MR) is 62.8 cm³/mol. The Morgan fingerprint density at radius 2 is 2.44 bits per heavy atom. The van der Waals surface area contributed by atoms with Crippen LogP contribution in [0.3, 0.4) is 0 Å². The Balaban J connectivity index is 2.14. The quantitative estimate of drug-likeness (QED) is 0.466. The highest BCUT2D eigenvalue weighted by Gasteiger charge is 2.32. The number of hydrogen-bond acceptors (Lipinski definition) is 5. The Kier molecular flexibility index (Phi) is 4.00. The highest BCUT2D eigenvalue weighted by molar-refractivity contribution is 5.05. The van der Waals surface area contributed by atoms with Crippen LogP contribution >= 0.6 is 0 Å². The minimum Gasteiger partial charge on any atom is -0.381 e. The van der Waals surface area contributed by atoms with E-state index in [-0.39, 0.29) is 11.9 Å². The molecular formula is C11H18FN3O3. The average molecular weight is 259 g/mol. The molecule has 0 amide bonds. The van der Waals surface area contributed by atoms with Crippen LogP contribution in [0, 0.1) is 16.0 Å². The predicted octanol–water partition coefficient (Wildman–Crippen LogP) is 1.08. The van der Waals surface area contributed by atoms with E-state index in [1.54, 1.807) is 4.90 Å². The lowest BCUT2D eigenvalue weighted by Gasteiger charge is -2.37. The lowest BCUT2D eigenvalue weighted by Crippen LogP contribution is -2.48. The topological polar surface area (TPSA) is 67.6 Å². The van der Waals surface area contributed by atoms with Crippen molar-refractivity contribution in [2.45, 2.75) is 25.8 Å². The summed E-state index contributed by atoms with van der Waals surface area (Å²) in [6.45, 7) is 4.50. The van der Waals surface area contributed by atoms with Crippen LogP contribution in [0.25, 0.3) is 0 Å². The summed E-state index contributed by atoms with van der Waals surface area (Å²) in [4.78, 5) is 11.4. The lowest BCUT2D eigenvalue weighted by atomic mass is 10.1. The van der Waals surface area contributed by atoms with Gasteiger partial charge in [0.25, 0.3) is 0 Å². The fraction of sp³-hybridized carbons (Fsp3) is 0.818. The third-order valence-electron chi connectivity index (χ3n) is 3.51. The molecule has 1 N–H and O–H groups in total. The van der Waals surface area contributed by atoms with E-state index in [0.29, 0.717) is 25.6 Å². The van der Waals surface area contributed by atoms with Crippen molar-refractivity contribution in [2.24, 2.45) is 5.92 Å². The summed E-state index contributed by atoms with van der Waals surface area (Å²) < 4.78 is 18.8. The Bertz CT molecular complexity index is 355. The van der Waals surface area contributed by atoms with E-state index in [9.17, 15) is 14.5 Å². The summed E-state index contributed by atoms with van der Waals surface area (Å²) in [6, 6.07) is 0.104. The van der Waals surface area contributed by atoms with Crippen molar-refractivity contribution >= 4 is 0 Å². The maximum absolute atomic E-state index is 13.6. The molecule has 0 saturated carbocycles. The molecule has 2 aliphatic heterocycles. The van der Waals surface area contributed by atoms with Gasteiger partial charge in [-0.15, -0.1) is 4.39 Å². The van der Waals surface area contributed by atoms with Crippen LogP contribution in [-0.4, -0.2) is 42.2 Å². The van der Waals surface area contributed by atoms with Crippen molar-refractivity contribution < 1.29 is 14.1 Å². The first-order chi connectivity index (χ1) is 8.59. The van der Waals surface area contributed by atoms with Gasteiger partial charge in [-0.2, -0.15) is 0 Å². The number of nitro groups is 1. The van der Waals surface area contributed by atoms with Crippen molar-refractivity contribution in [1.29, 1.82) is 0 Å². The highest BCUT2D eigenvalue weighted by Crippen LogP contribution is 2.24. The zero-order valence-corrected chi connectivity index (χ0v) is 10.4. The van der Waals surface area contributed by atoms with E-state index < -0.39 is 10.9 Å². The fourth-order valence-electron chi connectivity index (χ4n) is 2.43. The molecule has 0 aromatic rings. The second kappa shape index (κ2) is 5.51. The fourth-order valence-corrected chi connectivity index (χ4v) is 2.43. The molecule has 0 aromatic heterocycles. The Morgan fingerprint density at radius 3 is 3.06 bits per heavy atom. The second-order valence-corrected chi connectivity index (χ2v) is 4.84. The standard InChI is InChI=1S/C11H18FN3O3/c1-8-2-4-13-11(10(12)15(16)17)14(8)6-9-3-5-18-7-9/h8-9,13H,2-7H2,1H3. The minimum atomic E-state index is -1.29. The molecule has 2 saturated heterocycles. The van der Waals surface area contributed by atoms with Crippen molar-refractivity contribution in [2.75, 3.05) is 26.3 Å². The summed E-state index contributed by atoms with van der Waals surface area (Å²) in [5.41, 5.74) is 0. The summed E-state index contributed by atoms with van der Waals surface area (Å²) in [6.07, 6.45) is 1.78. The van der Waals surface area contributed by atoms with Gasteiger partial charge in [0.1, 0.15) is 0 Å². The number of nitrogens with zero attached hydrogens (tertiary/aromatic N) is 2. The number of hydrogen-bond donors (Lipinski definition) is 1. The Hall–Kier alpha value is -1.37. The molecule has 0 bridgehead atoms. The van der Waals surface area contributed by atoms with E-state index in [1.807, 2.05) is 6.92 Å². The molecule has 0 spiro atoms. The highest BCUT2D eigenvalue weighted by atomic mass is 19.1. The molecule has 6 nitrogen and oxygen atoms in total. The summed E-state index contributed by atoms with van der Waals surface area (Å²) in [7, 11) is 0. The van der Waals surface area contributed by atoms with Gasteiger partial charge in [0, 0.05) is 31.7 Å². The number of rotatable bonds is 3. The maximum atomic E-state index is 13.6. The first kappa shape index (κ1) is 13.1. The molecular weight excluding hydrogens is 241 g/mol. The first-order valence-corrected chi connectivity index (χ1v) is 6.22. The average Bonchev–Trinajstić information content (AvgIpc) is 2.83. The van der Waals surface area contributed by atoms with Crippen LogP contribution in [0.1, 0.15) is 19.8 Å². The maximum Gasteiger partial charge on any atom is 0.460 e. The molecule has 2 aliphatic rings. The van der Waals surface area contributed by atoms with E-state index in [1.165, 1.54) is 0 Å². The Morgan fingerprint density at radius 1 is 1.67 bits per heavy atom. The van der Waals surface area contributed by atoms with Crippen molar-refractivity contribution in [3.05, 3.63) is 21.9 Å². The van der Waals surface area contributed by atoms with Crippen LogP contribution in [0.2, 0.25) is 0 Å². The van der Waals surface area contributed by atoms with E-state index in [4.69, 9.17) is 4.74 Å². The molecule has 7 heteroatoms. The third kappa shape index (κ3) is 2.72. The summed E-state index contributed by atoms with van der Waals surface area (Å²) in [5.74, 6) is -0.951. The Labute approximate surface area is 105 Å². The summed E-state index contributed by atoms with van der Waals surface area (Å²) in [5, 5.41) is 13.4. The molecule has 2 rings (SSSR count). The first-order valence-electron chi connectivity index (χ1n) is 6.22. The zero-order valence-electron chi connectivity index (χ0n) is 10.4. The van der Waals surface area contributed by atoms with Gasteiger partial charge in [0.05, 0.1) is 11.5 Å². The van der Waals surface area contributed by atoms with E-state index in [2.05, 4.69) is 5.32 Å². The largest absolute Gasteiger partial charge is 0.460 e. The number of halogens is 1. The van der Waals surface area contributed by atoms with Crippen LogP contribution in [0.15, 0.2) is 11.8 Å². The molecule has 2 fully saturated rings. The number of nitrogens with one attached hydrogen (secondary N) is 1. The molecule has 2 heterocycles. The third-order valence-corrected chi connectivity index (χ3v) is 3.51. The van der Waals surface area contributed by atoms with Gasteiger partial charge < -0.3 is 15.0 Å². The smallest absolute Gasteiger partial charge is 0.381 e. The van der Waals surface area contributed by atoms with Crippen LogP contribution in [0.4, 0.5) is 4.39 Å². The van der Waals surface area contributed by atoms with Crippen LogP contribution in [-0.2, 0) is 4.74 Å². The van der Waals surface area contributed by atoms with E-state index in [0.717, 1.165) is 19.4 Å². The van der Waals surface area contributed by atoms with Gasteiger partial charge in [0.15, 0.2) is 0 Å². The minimum absolute atomic E-state index is 0.0191. The lowest BCUT2D eigenvalue weighted by molar-refractivity contribution is -0.450. The van der Waals surface area contributed by atoms with Crippen LogP contribution < -0.4 is 5.32 Å². The van der Waals surface area contributed by atoms with Crippen LogP contribution in [0.5, 0.6) is 0 Å². The van der Waals surface area contributed by atoms with Gasteiger partial charge in [-0.1, -0.05) is 0 Å². The van der Waals surface area contributed by atoms with Gasteiger partial charge in [-0.05, 0) is 19.8 Å². The summed E-state index contributed by atoms with van der Waals surface area (Å²) >= 11 is 0. The molecule has 0 aliphatic carbocycles. The van der Waals surface area contributed by atoms with Crippen molar-refractivity contribution in [3.63, 3.8) is 0 Å². The molecule has 102 valence electrons.